The van der Waals surface area contributed by atoms with Gasteiger partial charge in [0.25, 0.3) is 0 Å². The van der Waals surface area contributed by atoms with Crippen LogP contribution in [0.5, 0.6) is 0 Å². The van der Waals surface area contributed by atoms with Crippen molar-refractivity contribution in [3.8, 4) is 0 Å². The van der Waals surface area contributed by atoms with Gasteiger partial charge in [-0.05, 0) is 35.4 Å². The van der Waals surface area contributed by atoms with E-state index in [1.165, 1.54) is 0 Å². The highest BCUT2D eigenvalue weighted by Gasteiger charge is 2.21. The van der Waals surface area contributed by atoms with Crippen LogP contribution in [0.3, 0.4) is 0 Å². The number of nitrogens with one attached hydrogen (secondary N) is 1. The normalized spacial score (nSPS) is 17.7. The number of carbonyl (C=O) groups excluding carboxylic acids is 1. The van der Waals surface area contributed by atoms with Crippen LogP contribution < -0.4 is 5.43 Å². The number of hydrazone groups is 1. The van der Waals surface area contributed by atoms with Crippen LogP contribution in [-0.2, 0) is 4.79 Å². The molecule has 6 heteroatoms. The van der Waals surface area contributed by atoms with E-state index in [9.17, 15) is 4.79 Å². The molecular formula is C18H15Cl2N3O. The first-order valence-corrected chi connectivity index (χ1v) is 8.24. The second-order valence-corrected chi connectivity index (χ2v) is 6.43. The smallest absolute Gasteiger partial charge is 0.240 e. The fraction of sp³-hybridized carbons (Fsp3) is 0.167. The Morgan fingerprint density at radius 2 is 1.92 bits per heavy atom. The third-order valence-corrected chi connectivity index (χ3v) is 4.47. The van der Waals surface area contributed by atoms with Gasteiger partial charge in [-0.15, -0.1) is 0 Å². The third kappa shape index (κ3) is 3.83. The fourth-order valence-corrected chi connectivity index (χ4v) is 2.77. The van der Waals surface area contributed by atoms with Crippen LogP contribution in [0.15, 0.2) is 52.6 Å². The van der Waals surface area contributed by atoms with E-state index in [0.29, 0.717) is 16.5 Å². The first kappa shape index (κ1) is 16.7. The highest BCUT2D eigenvalue weighted by molar-refractivity contribution is 6.42. The Kier molecular flexibility index (Phi) is 4.97. The fourth-order valence-electron chi connectivity index (χ4n) is 2.46. The number of benzene rings is 2. The van der Waals surface area contributed by atoms with Gasteiger partial charge in [-0.3, -0.25) is 9.79 Å². The van der Waals surface area contributed by atoms with Crippen LogP contribution in [-0.4, -0.2) is 17.8 Å². The molecule has 1 aliphatic heterocycles. The quantitative estimate of drug-likeness (QED) is 0.799. The van der Waals surface area contributed by atoms with Crippen molar-refractivity contribution in [2.75, 3.05) is 0 Å². The lowest BCUT2D eigenvalue weighted by Crippen LogP contribution is -2.31. The Morgan fingerprint density at radius 1 is 1.17 bits per heavy atom. The Balaban J connectivity index is 1.76. The number of amides is 1. The second-order valence-electron chi connectivity index (χ2n) is 5.62. The van der Waals surface area contributed by atoms with Crippen LogP contribution in [0.1, 0.15) is 24.5 Å². The van der Waals surface area contributed by atoms with Crippen molar-refractivity contribution < 1.29 is 4.79 Å². The number of halogens is 2. The van der Waals surface area contributed by atoms with Crippen molar-refractivity contribution in [3.05, 3.63) is 63.6 Å². The Labute approximate surface area is 150 Å². The number of hydrogen-bond donors (Lipinski definition) is 1. The van der Waals surface area contributed by atoms with Crippen LogP contribution in [0, 0.1) is 5.92 Å². The van der Waals surface area contributed by atoms with Crippen molar-refractivity contribution in [1.29, 1.82) is 0 Å². The summed E-state index contributed by atoms with van der Waals surface area (Å²) in [6.45, 7) is 1.99. The minimum atomic E-state index is -0.0471. The molecule has 122 valence electrons. The van der Waals surface area contributed by atoms with E-state index in [1.54, 1.807) is 18.3 Å². The van der Waals surface area contributed by atoms with Crippen molar-refractivity contribution in [2.45, 2.75) is 13.3 Å². The molecule has 1 aliphatic rings. The Bertz CT molecular complexity index is 829. The lowest BCUT2D eigenvalue weighted by Gasteiger charge is -2.19. The van der Waals surface area contributed by atoms with E-state index in [2.05, 4.69) is 15.5 Å². The molecule has 2 aromatic carbocycles. The van der Waals surface area contributed by atoms with Gasteiger partial charge < -0.3 is 0 Å². The largest absolute Gasteiger partial charge is 0.273 e. The van der Waals surface area contributed by atoms with E-state index >= 15 is 0 Å². The summed E-state index contributed by atoms with van der Waals surface area (Å²) in [5.41, 5.74) is 6.09. The highest BCUT2D eigenvalue weighted by Crippen LogP contribution is 2.23. The predicted molar refractivity (Wildman–Crippen MR) is 98.6 cm³/mol. The molecule has 24 heavy (non-hydrogen) atoms. The Hall–Kier alpha value is -2.17. The van der Waals surface area contributed by atoms with Gasteiger partial charge in [-0.2, -0.15) is 5.10 Å². The van der Waals surface area contributed by atoms with E-state index in [4.69, 9.17) is 23.2 Å². The maximum Gasteiger partial charge on any atom is 0.240 e. The third-order valence-electron chi connectivity index (χ3n) is 3.73. The Morgan fingerprint density at radius 3 is 2.58 bits per heavy atom. The lowest BCUT2D eigenvalue weighted by atomic mass is 9.94. The average Bonchev–Trinajstić information content (AvgIpc) is 2.57. The maximum absolute atomic E-state index is 11.3. The van der Waals surface area contributed by atoms with Gasteiger partial charge in [0.15, 0.2) is 0 Å². The van der Waals surface area contributed by atoms with Crippen molar-refractivity contribution in [1.82, 2.24) is 5.43 Å². The van der Waals surface area contributed by atoms with E-state index < -0.39 is 0 Å². The lowest BCUT2D eigenvalue weighted by molar-refractivity contribution is -0.121. The van der Waals surface area contributed by atoms with Crippen molar-refractivity contribution in [3.63, 3.8) is 0 Å². The molecule has 1 amide bonds. The van der Waals surface area contributed by atoms with E-state index in [0.717, 1.165) is 22.5 Å². The molecule has 0 saturated heterocycles. The molecule has 2 aromatic rings. The SMILES string of the molecule is C[C@@H]1CC(=O)NN=C1c1ccc(N=Cc2ccc(Cl)c(Cl)c2)cc1. The van der Waals surface area contributed by atoms with Crippen molar-refractivity contribution in [2.24, 2.45) is 16.0 Å². The zero-order valence-corrected chi connectivity index (χ0v) is 14.5. The molecule has 4 nitrogen and oxygen atoms in total. The van der Waals surface area contributed by atoms with E-state index in [-0.39, 0.29) is 11.8 Å². The number of nitrogens with zero attached hydrogens (tertiary/aromatic N) is 2. The zero-order valence-electron chi connectivity index (χ0n) is 13.0. The summed E-state index contributed by atoms with van der Waals surface area (Å²) in [6, 6.07) is 13.1. The first-order chi connectivity index (χ1) is 11.5. The van der Waals surface area contributed by atoms with Crippen molar-refractivity contribution >= 4 is 46.7 Å². The summed E-state index contributed by atoms with van der Waals surface area (Å²) in [7, 11) is 0. The second kappa shape index (κ2) is 7.16. The molecule has 0 aliphatic carbocycles. The summed E-state index contributed by atoms with van der Waals surface area (Å²) < 4.78 is 0. The highest BCUT2D eigenvalue weighted by atomic mass is 35.5. The minimum absolute atomic E-state index is 0.0471. The first-order valence-electron chi connectivity index (χ1n) is 7.49. The molecule has 0 radical (unpaired) electrons. The molecule has 1 heterocycles. The van der Waals surface area contributed by atoms with Crippen LogP contribution in [0.25, 0.3) is 0 Å². The topological polar surface area (TPSA) is 53.8 Å². The molecule has 1 atom stereocenters. The molecule has 0 saturated carbocycles. The summed E-state index contributed by atoms with van der Waals surface area (Å²) in [5, 5.41) is 5.18. The summed E-state index contributed by atoms with van der Waals surface area (Å²) in [4.78, 5) is 15.7. The van der Waals surface area contributed by atoms with Gasteiger partial charge in [0.1, 0.15) is 0 Å². The molecular weight excluding hydrogens is 345 g/mol. The van der Waals surface area contributed by atoms with Gasteiger partial charge in [-0.25, -0.2) is 5.43 Å². The minimum Gasteiger partial charge on any atom is -0.273 e. The molecule has 3 rings (SSSR count). The molecule has 0 unspecified atom stereocenters. The number of aliphatic imine (C=N–C) groups is 1. The standard InChI is InChI=1S/C18H15Cl2N3O/c1-11-8-17(24)22-23-18(11)13-3-5-14(6-4-13)21-10-12-2-7-15(19)16(20)9-12/h2-7,9-11H,8H2,1H3,(H,22,24)/t11-/m1/s1. The predicted octanol–water partition coefficient (Wildman–Crippen LogP) is 4.60. The van der Waals surface area contributed by atoms with Gasteiger partial charge in [0.05, 0.1) is 21.4 Å². The van der Waals surface area contributed by atoms with Gasteiger partial charge in [0.2, 0.25) is 5.91 Å². The average molecular weight is 360 g/mol. The summed E-state index contributed by atoms with van der Waals surface area (Å²) in [5.74, 6) is 0.0541. The molecule has 0 fully saturated rings. The van der Waals surface area contributed by atoms with Gasteiger partial charge >= 0.3 is 0 Å². The monoisotopic (exact) mass is 359 g/mol. The van der Waals surface area contributed by atoms with Crippen LogP contribution in [0.4, 0.5) is 5.69 Å². The number of carbonyl (C=O) groups is 1. The maximum atomic E-state index is 11.3. The van der Waals surface area contributed by atoms with Gasteiger partial charge in [-0.1, -0.05) is 48.3 Å². The zero-order chi connectivity index (χ0) is 17.1. The van der Waals surface area contributed by atoms with E-state index in [1.807, 2.05) is 37.3 Å². The molecule has 0 spiro atoms. The number of hydrogen-bond acceptors (Lipinski definition) is 3. The molecule has 0 bridgehead atoms. The van der Waals surface area contributed by atoms with Crippen LogP contribution >= 0.6 is 23.2 Å². The number of rotatable bonds is 3. The molecule has 1 N–H and O–H groups in total. The summed E-state index contributed by atoms with van der Waals surface area (Å²) >= 11 is 11.9. The van der Waals surface area contributed by atoms with Crippen LogP contribution in [0.2, 0.25) is 10.0 Å². The summed E-state index contributed by atoms with van der Waals surface area (Å²) in [6.07, 6.45) is 2.19. The van der Waals surface area contributed by atoms with Gasteiger partial charge in [0, 0.05) is 18.6 Å². The molecule has 0 aromatic heterocycles.